The zero-order valence-electron chi connectivity index (χ0n) is 17.0. The highest BCUT2D eigenvalue weighted by molar-refractivity contribution is 7.15. The molecule has 30 heavy (non-hydrogen) atoms. The van der Waals surface area contributed by atoms with E-state index >= 15 is 0 Å². The number of ether oxygens (including phenoxy) is 1. The van der Waals surface area contributed by atoms with Crippen molar-refractivity contribution in [1.29, 1.82) is 0 Å². The van der Waals surface area contributed by atoms with Gasteiger partial charge >= 0.3 is 5.97 Å². The first kappa shape index (κ1) is 21.5. The zero-order chi connectivity index (χ0) is 21.7. The molecular weight excluding hydrogens is 401 g/mol. The number of hydrogen-bond acceptors (Lipinski definition) is 4. The van der Waals surface area contributed by atoms with Crippen molar-refractivity contribution in [3.05, 3.63) is 82.0 Å². The summed E-state index contributed by atoms with van der Waals surface area (Å²) in [4.78, 5) is 25.1. The second-order valence-electron chi connectivity index (χ2n) is 6.77. The van der Waals surface area contributed by atoms with Gasteiger partial charge in [0.2, 0.25) is 5.91 Å². The molecule has 1 aromatic heterocycles. The molecule has 3 rings (SSSR count). The summed E-state index contributed by atoms with van der Waals surface area (Å²) in [6.07, 6.45) is 2.93. The highest BCUT2D eigenvalue weighted by Gasteiger charge is 2.23. The van der Waals surface area contributed by atoms with E-state index in [1.807, 2.05) is 37.4 Å². The van der Waals surface area contributed by atoms with Gasteiger partial charge in [-0.2, -0.15) is 0 Å². The van der Waals surface area contributed by atoms with Crippen LogP contribution in [0.5, 0.6) is 0 Å². The van der Waals surface area contributed by atoms with E-state index < -0.39 is 5.97 Å². The fourth-order valence-corrected chi connectivity index (χ4v) is 4.02. The predicted molar refractivity (Wildman–Crippen MR) is 119 cm³/mol. The molecule has 0 aliphatic carbocycles. The van der Waals surface area contributed by atoms with Crippen LogP contribution in [0.3, 0.4) is 0 Å². The molecule has 0 atom stereocenters. The van der Waals surface area contributed by atoms with E-state index in [-0.39, 0.29) is 18.3 Å². The molecule has 154 valence electrons. The third kappa shape index (κ3) is 5.02. The van der Waals surface area contributed by atoms with E-state index in [2.05, 4.69) is 5.32 Å². The molecule has 6 heteroatoms. The highest BCUT2D eigenvalue weighted by Crippen LogP contribution is 2.37. The van der Waals surface area contributed by atoms with E-state index in [4.69, 9.17) is 4.74 Å². The molecule has 0 fully saturated rings. The monoisotopic (exact) mass is 423 g/mol. The SMILES string of the molecule is CCOC(=O)c1c(-c2ccc(C)cc2C)csc1NC(=O)/C=C/c1ccc(F)cc1. The summed E-state index contributed by atoms with van der Waals surface area (Å²) in [5, 5.41) is 5.05. The van der Waals surface area contributed by atoms with Crippen LogP contribution in [0.4, 0.5) is 9.39 Å². The summed E-state index contributed by atoms with van der Waals surface area (Å²) in [6, 6.07) is 11.8. The van der Waals surface area contributed by atoms with Crippen LogP contribution in [0.25, 0.3) is 17.2 Å². The van der Waals surface area contributed by atoms with Crippen molar-refractivity contribution in [2.45, 2.75) is 20.8 Å². The first-order chi connectivity index (χ1) is 14.4. The third-order valence-electron chi connectivity index (χ3n) is 4.48. The van der Waals surface area contributed by atoms with Gasteiger partial charge in [-0.1, -0.05) is 35.9 Å². The van der Waals surface area contributed by atoms with Gasteiger partial charge in [-0.3, -0.25) is 4.79 Å². The van der Waals surface area contributed by atoms with E-state index in [0.29, 0.717) is 16.1 Å². The summed E-state index contributed by atoms with van der Waals surface area (Å²) < 4.78 is 18.2. The number of benzene rings is 2. The number of amides is 1. The predicted octanol–water partition coefficient (Wildman–Crippen LogP) is 6.00. The minimum Gasteiger partial charge on any atom is -0.462 e. The number of carbonyl (C=O) groups is 2. The molecule has 0 aliphatic rings. The molecule has 0 unspecified atom stereocenters. The van der Waals surface area contributed by atoms with Crippen molar-refractivity contribution in [3.8, 4) is 11.1 Å². The summed E-state index contributed by atoms with van der Waals surface area (Å²) >= 11 is 1.27. The maximum atomic E-state index is 13.0. The lowest BCUT2D eigenvalue weighted by atomic mass is 9.97. The van der Waals surface area contributed by atoms with Crippen molar-refractivity contribution in [2.24, 2.45) is 0 Å². The molecule has 0 bridgehead atoms. The minimum atomic E-state index is -0.480. The van der Waals surface area contributed by atoms with Gasteiger partial charge in [0.05, 0.1) is 6.61 Å². The molecular formula is C24H22FNO3S. The number of anilines is 1. The van der Waals surface area contributed by atoms with Gasteiger partial charge < -0.3 is 10.1 Å². The molecule has 1 N–H and O–H groups in total. The van der Waals surface area contributed by atoms with Crippen LogP contribution in [-0.2, 0) is 9.53 Å². The average Bonchev–Trinajstić information content (AvgIpc) is 3.11. The lowest BCUT2D eigenvalue weighted by Crippen LogP contribution is -2.12. The Hall–Kier alpha value is -3.25. The number of carbonyl (C=O) groups excluding carboxylic acids is 2. The van der Waals surface area contributed by atoms with E-state index in [1.54, 1.807) is 25.1 Å². The third-order valence-corrected chi connectivity index (χ3v) is 5.37. The molecule has 0 spiro atoms. The van der Waals surface area contributed by atoms with Gasteiger partial charge in [0.25, 0.3) is 0 Å². The van der Waals surface area contributed by atoms with Crippen molar-refractivity contribution >= 4 is 34.3 Å². The molecule has 3 aromatic rings. The Balaban J connectivity index is 1.90. The summed E-state index contributed by atoms with van der Waals surface area (Å²) in [5.41, 5.74) is 4.85. The summed E-state index contributed by atoms with van der Waals surface area (Å²) in [5.74, 6) is -1.21. The van der Waals surface area contributed by atoms with Crippen LogP contribution in [0.2, 0.25) is 0 Å². The van der Waals surface area contributed by atoms with Gasteiger partial charge in [-0.15, -0.1) is 11.3 Å². The lowest BCUT2D eigenvalue weighted by Gasteiger charge is -2.10. The second-order valence-corrected chi connectivity index (χ2v) is 7.65. The smallest absolute Gasteiger partial charge is 0.341 e. The van der Waals surface area contributed by atoms with E-state index in [0.717, 1.165) is 22.3 Å². The van der Waals surface area contributed by atoms with Crippen molar-refractivity contribution in [3.63, 3.8) is 0 Å². The van der Waals surface area contributed by atoms with Crippen LogP contribution < -0.4 is 5.32 Å². The average molecular weight is 424 g/mol. The Bertz CT molecular complexity index is 1100. The largest absolute Gasteiger partial charge is 0.462 e. The quantitative estimate of drug-likeness (QED) is 0.391. The fraction of sp³-hybridized carbons (Fsp3) is 0.167. The Kier molecular flexibility index (Phi) is 6.79. The van der Waals surface area contributed by atoms with Gasteiger partial charge in [0.1, 0.15) is 16.4 Å². The molecule has 4 nitrogen and oxygen atoms in total. The van der Waals surface area contributed by atoms with Crippen molar-refractivity contribution in [1.82, 2.24) is 0 Å². The number of thiophene rings is 1. The van der Waals surface area contributed by atoms with Crippen LogP contribution in [-0.4, -0.2) is 18.5 Å². The van der Waals surface area contributed by atoms with Gasteiger partial charge in [0, 0.05) is 17.0 Å². The number of nitrogens with one attached hydrogen (secondary N) is 1. The number of halogens is 1. The molecule has 1 heterocycles. The van der Waals surface area contributed by atoms with E-state index in [1.165, 1.54) is 29.5 Å². The minimum absolute atomic E-state index is 0.235. The first-order valence-electron chi connectivity index (χ1n) is 9.50. The standard InChI is InChI=1S/C24H22FNO3S/c1-4-29-24(28)22-20(19-11-5-15(2)13-16(19)3)14-30-23(22)26-21(27)12-8-17-6-9-18(25)10-7-17/h5-14H,4H2,1-3H3,(H,26,27)/b12-8+. The number of hydrogen-bond donors (Lipinski definition) is 1. The lowest BCUT2D eigenvalue weighted by molar-refractivity contribution is -0.111. The number of aryl methyl sites for hydroxylation is 2. The van der Waals surface area contributed by atoms with Crippen LogP contribution in [0.15, 0.2) is 53.9 Å². The Morgan fingerprint density at radius 1 is 1.10 bits per heavy atom. The topological polar surface area (TPSA) is 55.4 Å². The molecule has 0 saturated heterocycles. The number of rotatable bonds is 6. The molecule has 1 amide bonds. The van der Waals surface area contributed by atoms with Gasteiger partial charge in [0.15, 0.2) is 0 Å². The van der Waals surface area contributed by atoms with Crippen LogP contribution >= 0.6 is 11.3 Å². The Labute approximate surface area is 179 Å². The van der Waals surface area contributed by atoms with Crippen LogP contribution in [0, 0.1) is 19.7 Å². The van der Waals surface area contributed by atoms with Gasteiger partial charge in [-0.05, 0) is 55.7 Å². The Morgan fingerprint density at radius 3 is 2.50 bits per heavy atom. The van der Waals surface area contributed by atoms with Crippen molar-refractivity contribution < 1.29 is 18.7 Å². The molecule has 2 aromatic carbocycles. The zero-order valence-corrected chi connectivity index (χ0v) is 17.8. The second kappa shape index (κ2) is 9.50. The van der Waals surface area contributed by atoms with Crippen LogP contribution in [0.1, 0.15) is 34.0 Å². The fourth-order valence-electron chi connectivity index (χ4n) is 3.07. The Morgan fingerprint density at radius 2 is 1.83 bits per heavy atom. The maximum absolute atomic E-state index is 13.0. The van der Waals surface area contributed by atoms with E-state index in [9.17, 15) is 14.0 Å². The summed E-state index contributed by atoms with van der Waals surface area (Å²) in [6.45, 7) is 5.97. The summed E-state index contributed by atoms with van der Waals surface area (Å²) in [7, 11) is 0. The molecule has 0 saturated carbocycles. The molecule has 0 aliphatic heterocycles. The number of esters is 1. The normalized spacial score (nSPS) is 10.9. The molecule has 0 radical (unpaired) electrons. The maximum Gasteiger partial charge on any atom is 0.341 e. The first-order valence-corrected chi connectivity index (χ1v) is 10.4. The van der Waals surface area contributed by atoms with Gasteiger partial charge in [-0.25, -0.2) is 9.18 Å². The highest BCUT2D eigenvalue weighted by atomic mass is 32.1. The van der Waals surface area contributed by atoms with Crippen molar-refractivity contribution in [2.75, 3.05) is 11.9 Å².